The monoisotopic (exact) mass is 312 g/mol. The average Bonchev–Trinajstić information content (AvgIpc) is 2.46. The number of carboxylic acids is 1. The van der Waals surface area contributed by atoms with Crippen molar-refractivity contribution >= 4 is 23.5 Å². The maximum atomic E-state index is 12.3. The summed E-state index contributed by atoms with van der Waals surface area (Å²) in [6, 6.07) is 5.26. The number of carbonyl (C=O) groups is 2. The number of nitrogens with two attached hydrogens (primary N) is 1. The Kier molecular flexibility index (Phi) is 4.82. The van der Waals surface area contributed by atoms with Gasteiger partial charge in [0.1, 0.15) is 0 Å². The van der Waals surface area contributed by atoms with Gasteiger partial charge in [0.2, 0.25) is 5.91 Å². The molecule has 1 amide bonds. The summed E-state index contributed by atoms with van der Waals surface area (Å²) in [4.78, 5) is 23.8. The number of halogens is 1. The van der Waals surface area contributed by atoms with Crippen LogP contribution in [-0.2, 0) is 14.3 Å². The van der Waals surface area contributed by atoms with Crippen LogP contribution in [0.5, 0.6) is 0 Å². The zero-order chi connectivity index (χ0) is 15.5. The molecule has 1 saturated heterocycles. The molecule has 2 rings (SSSR count). The quantitative estimate of drug-likeness (QED) is 0.772. The second kappa shape index (κ2) is 6.43. The first kappa shape index (κ1) is 15.8. The lowest BCUT2D eigenvalue weighted by Crippen LogP contribution is -2.58. The van der Waals surface area contributed by atoms with E-state index in [0.717, 1.165) is 0 Å². The van der Waals surface area contributed by atoms with Crippen molar-refractivity contribution in [1.29, 1.82) is 0 Å². The van der Waals surface area contributed by atoms with Crippen LogP contribution in [0.4, 0.5) is 0 Å². The fourth-order valence-electron chi connectivity index (χ4n) is 2.22. The van der Waals surface area contributed by atoms with Crippen LogP contribution in [0.1, 0.15) is 24.4 Å². The Morgan fingerprint density at radius 2 is 1.95 bits per heavy atom. The Hall–Kier alpha value is -1.63. The molecule has 0 aliphatic carbocycles. The maximum absolute atomic E-state index is 12.3. The number of ether oxygens (including phenoxy) is 1. The number of aliphatic carboxylic acids is 1. The van der Waals surface area contributed by atoms with E-state index in [-0.39, 0.29) is 5.02 Å². The Labute approximate surface area is 127 Å². The van der Waals surface area contributed by atoms with Crippen molar-refractivity contribution in [2.24, 2.45) is 5.73 Å². The summed E-state index contributed by atoms with van der Waals surface area (Å²) >= 11 is 6.00. The fraction of sp³-hybridized carbons (Fsp3) is 0.429. The van der Waals surface area contributed by atoms with Crippen LogP contribution in [0.15, 0.2) is 24.3 Å². The molecule has 1 aliphatic heterocycles. The number of carbonyl (C=O) groups excluding carboxylic acids is 1. The van der Waals surface area contributed by atoms with Gasteiger partial charge in [-0.2, -0.15) is 0 Å². The zero-order valence-electron chi connectivity index (χ0n) is 11.3. The van der Waals surface area contributed by atoms with Crippen molar-refractivity contribution in [3.8, 4) is 0 Å². The number of rotatable bonds is 4. The van der Waals surface area contributed by atoms with Gasteiger partial charge in [-0.1, -0.05) is 29.8 Å². The molecule has 1 aromatic carbocycles. The van der Waals surface area contributed by atoms with E-state index in [9.17, 15) is 14.7 Å². The van der Waals surface area contributed by atoms with Crippen molar-refractivity contribution in [3.05, 3.63) is 34.9 Å². The zero-order valence-corrected chi connectivity index (χ0v) is 12.1. The largest absolute Gasteiger partial charge is 0.479 e. The van der Waals surface area contributed by atoms with E-state index in [0.29, 0.717) is 31.6 Å². The summed E-state index contributed by atoms with van der Waals surface area (Å²) in [7, 11) is 0. The molecule has 0 unspecified atom stereocenters. The highest BCUT2D eigenvalue weighted by atomic mass is 35.5. The summed E-state index contributed by atoms with van der Waals surface area (Å²) < 4.78 is 5.17. The summed E-state index contributed by atoms with van der Waals surface area (Å²) in [5.41, 5.74) is 5.27. The van der Waals surface area contributed by atoms with Gasteiger partial charge in [-0.3, -0.25) is 4.79 Å². The van der Waals surface area contributed by atoms with Gasteiger partial charge in [-0.25, -0.2) is 4.79 Å². The summed E-state index contributed by atoms with van der Waals surface area (Å²) in [5.74, 6) is -1.69. The van der Waals surface area contributed by atoms with E-state index in [1.54, 1.807) is 24.3 Å². The molecule has 6 nitrogen and oxygen atoms in total. The minimum absolute atomic E-state index is 0.281. The van der Waals surface area contributed by atoms with E-state index >= 15 is 0 Å². The van der Waals surface area contributed by atoms with Gasteiger partial charge in [-0.15, -0.1) is 0 Å². The van der Waals surface area contributed by atoms with E-state index in [1.807, 2.05) is 0 Å². The molecule has 0 aromatic heterocycles. The average molecular weight is 313 g/mol. The third kappa shape index (κ3) is 3.53. The predicted octanol–water partition coefficient (Wildman–Crippen LogP) is 1.09. The highest BCUT2D eigenvalue weighted by molar-refractivity contribution is 6.31. The van der Waals surface area contributed by atoms with Crippen LogP contribution in [0, 0.1) is 0 Å². The number of hydrogen-bond acceptors (Lipinski definition) is 4. The molecule has 1 aliphatic rings. The van der Waals surface area contributed by atoms with Crippen molar-refractivity contribution < 1.29 is 19.4 Å². The Balaban J connectivity index is 2.19. The normalized spacial score (nSPS) is 18.8. The molecule has 4 N–H and O–H groups in total. The number of carboxylic acid groups (broad SMARTS) is 1. The van der Waals surface area contributed by atoms with E-state index in [4.69, 9.17) is 22.1 Å². The van der Waals surface area contributed by atoms with Crippen LogP contribution >= 0.6 is 11.6 Å². The van der Waals surface area contributed by atoms with Gasteiger partial charge in [0.05, 0.1) is 5.54 Å². The van der Waals surface area contributed by atoms with Crippen LogP contribution < -0.4 is 11.1 Å². The topological polar surface area (TPSA) is 102 Å². The van der Waals surface area contributed by atoms with Gasteiger partial charge in [0.25, 0.3) is 0 Å². The third-order valence-corrected chi connectivity index (χ3v) is 3.92. The lowest BCUT2D eigenvalue weighted by molar-refractivity contribution is -0.143. The highest BCUT2D eigenvalue weighted by Gasteiger charge is 2.38. The van der Waals surface area contributed by atoms with E-state index < -0.39 is 23.5 Å². The van der Waals surface area contributed by atoms with Crippen molar-refractivity contribution in [1.82, 2.24) is 5.32 Å². The lowest BCUT2D eigenvalue weighted by atomic mass is 9.89. The Morgan fingerprint density at radius 3 is 2.52 bits per heavy atom. The molecule has 0 saturated carbocycles. The predicted molar refractivity (Wildman–Crippen MR) is 76.9 cm³/mol. The molecule has 0 spiro atoms. The van der Waals surface area contributed by atoms with E-state index in [2.05, 4.69) is 5.32 Å². The SMILES string of the molecule is NC1(C(=O)N[C@@H](C(=O)O)c2ccccc2Cl)CCOCC1. The first-order valence-corrected chi connectivity index (χ1v) is 6.97. The van der Waals surface area contributed by atoms with Gasteiger partial charge in [0, 0.05) is 23.8 Å². The number of benzene rings is 1. The molecule has 114 valence electrons. The Bertz CT molecular complexity index is 544. The molecule has 7 heteroatoms. The van der Waals surface area contributed by atoms with Gasteiger partial charge < -0.3 is 20.9 Å². The van der Waals surface area contributed by atoms with Crippen molar-refractivity contribution in [2.75, 3.05) is 13.2 Å². The number of amides is 1. The molecule has 0 radical (unpaired) electrons. The van der Waals surface area contributed by atoms with Crippen LogP contribution in [0.3, 0.4) is 0 Å². The molecule has 1 fully saturated rings. The standard InChI is InChI=1S/C14H17ClN2O4/c15-10-4-2-1-3-9(10)11(12(18)19)17-13(20)14(16)5-7-21-8-6-14/h1-4,11H,5-8,16H2,(H,17,20)(H,18,19)/t11-/m1/s1. The molecular formula is C14H17ClN2O4. The molecule has 1 heterocycles. The fourth-order valence-corrected chi connectivity index (χ4v) is 2.46. The third-order valence-electron chi connectivity index (χ3n) is 3.58. The number of hydrogen-bond donors (Lipinski definition) is 3. The minimum Gasteiger partial charge on any atom is -0.479 e. The summed E-state index contributed by atoms with van der Waals surface area (Å²) in [6.45, 7) is 0.765. The van der Waals surface area contributed by atoms with Gasteiger partial charge >= 0.3 is 5.97 Å². The van der Waals surface area contributed by atoms with E-state index in [1.165, 1.54) is 0 Å². The van der Waals surface area contributed by atoms with Crippen LogP contribution in [0.25, 0.3) is 0 Å². The minimum atomic E-state index is -1.23. The summed E-state index contributed by atoms with van der Waals surface area (Å²) in [6.07, 6.45) is 0.710. The maximum Gasteiger partial charge on any atom is 0.330 e. The summed E-state index contributed by atoms with van der Waals surface area (Å²) in [5, 5.41) is 12.1. The molecular weight excluding hydrogens is 296 g/mol. The molecule has 1 atom stereocenters. The second-order valence-corrected chi connectivity index (χ2v) is 5.44. The molecule has 0 bridgehead atoms. The second-order valence-electron chi connectivity index (χ2n) is 5.03. The van der Waals surface area contributed by atoms with Crippen molar-refractivity contribution in [2.45, 2.75) is 24.4 Å². The highest BCUT2D eigenvalue weighted by Crippen LogP contribution is 2.25. The number of nitrogens with one attached hydrogen (secondary N) is 1. The lowest BCUT2D eigenvalue weighted by Gasteiger charge is -2.33. The first-order chi connectivity index (χ1) is 9.94. The Morgan fingerprint density at radius 1 is 1.33 bits per heavy atom. The van der Waals surface area contributed by atoms with Gasteiger partial charge in [-0.05, 0) is 18.9 Å². The van der Waals surface area contributed by atoms with Crippen LogP contribution in [-0.4, -0.2) is 35.7 Å². The van der Waals surface area contributed by atoms with Gasteiger partial charge in [0.15, 0.2) is 6.04 Å². The molecule has 21 heavy (non-hydrogen) atoms. The smallest absolute Gasteiger partial charge is 0.330 e. The first-order valence-electron chi connectivity index (χ1n) is 6.59. The molecule has 1 aromatic rings. The van der Waals surface area contributed by atoms with Crippen LogP contribution in [0.2, 0.25) is 5.02 Å². The van der Waals surface area contributed by atoms with Crippen molar-refractivity contribution in [3.63, 3.8) is 0 Å².